The lowest BCUT2D eigenvalue weighted by Crippen LogP contribution is -2.40. The molecule has 0 bridgehead atoms. The summed E-state index contributed by atoms with van der Waals surface area (Å²) in [6.45, 7) is 6.32. The fourth-order valence-electron chi connectivity index (χ4n) is 3.06. The van der Waals surface area contributed by atoms with Crippen molar-refractivity contribution in [1.82, 2.24) is 9.47 Å². The van der Waals surface area contributed by atoms with E-state index >= 15 is 0 Å². The highest BCUT2D eigenvalue weighted by atomic mass is 32.2. The van der Waals surface area contributed by atoms with Crippen molar-refractivity contribution in [2.75, 3.05) is 44.4 Å². The van der Waals surface area contributed by atoms with Gasteiger partial charge >= 0.3 is 0 Å². The van der Waals surface area contributed by atoms with Crippen LogP contribution in [-0.2, 0) is 11.3 Å². The van der Waals surface area contributed by atoms with E-state index in [0.717, 1.165) is 37.7 Å². The van der Waals surface area contributed by atoms with Gasteiger partial charge in [-0.3, -0.25) is 14.5 Å². The zero-order valence-electron chi connectivity index (χ0n) is 15.7. The standard InChI is InChI=1S/C20H25N3O3S/c1-15-7-8-23(10-9-22-11-13-26-14-12-22)20(25)18(15)19(24)21-16-3-5-17(27-2)6-4-16/h3-8H,9-14H2,1-2H3,(H,21,24). The van der Waals surface area contributed by atoms with E-state index in [-0.39, 0.29) is 17.0 Å². The topological polar surface area (TPSA) is 63.6 Å². The monoisotopic (exact) mass is 387 g/mol. The Bertz CT molecular complexity index is 843. The van der Waals surface area contributed by atoms with E-state index in [2.05, 4.69) is 10.2 Å². The van der Waals surface area contributed by atoms with E-state index in [9.17, 15) is 9.59 Å². The van der Waals surface area contributed by atoms with Crippen LogP contribution in [0.25, 0.3) is 0 Å². The van der Waals surface area contributed by atoms with Crippen LogP contribution in [0, 0.1) is 6.92 Å². The number of aryl methyl sites for hydroxylation is 1. The third-order valence-electron chi connectivity index (χ3n) is 4.71. The van der Waals surface area contributed by atoms with Crippen molar-refractivity contribution in [3.8, 4) is 0 Å². The minimum Gasteiger partial charge on any atom is -0.379 e. The highest BCUT2D eigenvalue weighted by Crippen LogP contribution is 2.18. The lowest BCUT2D eigenvalue weighted by Gasteiger charge is -2.26. The number of aromatic nitrogens is 1. The van der Waals surface area contributed by atoms with Crippen LogP contribution < -0.4 is 10.9 Å². The van der Waals surface area contributed by atoms with E-state index in [1.807, 2.05) is 36.6 Å². The molecule has 3 rings (SSSR count). The lowest BCUT2D eigenvalue weighted by molar-refractivity contribution is 0.0363. The van der Waals surface area contributed by atoms with Gasteiger partial charge in [0, 0.05) is 43.0 Å². The molecular formula is C20H25N3O3S. The SMILES string of the molecule is CSc1ccc(NC(=O)c2c(C)ccn(CCN3CCOCC3)c2=O)cc1. The summed E-state index contributed by atoms with van der Waals surface area (Å²) >= 11 is 1.64. The first-order chi connectivity index (χ1) is 13.1. The van der Waals surface area contributed by atoms with E-state index in [4.69, 9.17) is 4.74 Å². The molecule has 1 aliphatic heterocycles. The number of thioether (sulfide) groups is 1. The summed E-state index contributed by atoms with van der Waals surface area (Å²) in [5, 5.41) is 2.84. The van der Waals surface area contributed by atoms with Crippen LogP contribution in [0.1, 0.15) is 15.9 Å². The van der Waals surface area contributed by atoms with Gasteiger partial charge in [0.15, 0.2) is 0 Å². The molecule has 1 saturated heterocycles. The molecule has 0 atom stereocenters. The Kier molecular flexibility index (Phi) is 6.71. The molecule has 0 unspecified atom stereocenters. The maximum absolute atomic E-state index is 12.9. The van der Waals surface area contributed by atoms with Gasteiger partial charge in [-0.1, -0.05) is 0 Å². The number of benzene rings is 1. The third-order valence-corrected chi connectivity index (χ3v) is 5.45. The molecule has 144 valence electrons. The molecule has 0 aliphatic carbocycles. The molecule has 1 aromatic carbocycles. The van der Waals surface area contributed by atoms with Gasteiger partial charge in [-0.05, 0) is 49.1 Å². The predicted molar refractivity (Wildman–Crippen MR) is 109 cm³/mol. The maximum atomic E-state index is 12.9. The van der Waals surface area contributed by atoms with E-state index in [1.165, 1.54) is 0 Å². The Morgan fingerprint density at radius 1 is 1.15 bits per heavy atom. The average molecular weight is 388 g/mol. The molecule has 7 heteroatoms. The zero-order valence-corrected chi connectivity index (χ0v) is 16.6. The van der Waals surface area contributed by atoms with E-state index < -0.39 is 0 Å². The maximum Gasteiger partial charge on any atom is 0.263 e. The normalized spacial score (nSPS) is 14.9. The fraction of sp³-hybridized carbons (Fsp3) is 0.400. The largest absolute Gasteiger partial charge is 0.379 e. The fourth-order valence-corrected chi connectivity index (χ4v) is 3.47. The first-order valence-electron chi connectivity index (χ1n) is 9.04. The first-order valence-corrected chi connectivity index (χ1v) is 10.3. The van der Waals surface area contributed by atoms with Gasteiger partial charge < -0.3 is 14.6 Å². The van der Waals surface area contributed by atoms with E-state index in [1.54, 1.807) is 29.4 Å². The molecule has 1 N–H and O–H groups in total. The number of anilines is 1. The summed E-state index contributed by atoms with van der Waals surface area (Å²) in [7, 11) is 0. The van der Waals surface area contributed by atoms with Crippen LogP contribution in [0.15, 0.2) is 46.2 Å². The Morgan fingerprint density at radius 2 is 1.85 bits per heavy atom. The van der Waals surface area contributed by atoms with Gasteiger partial charge in [-0.15, -0.1) is 11.8 Å². The quantitative estimate of drug-likeness (QED) is 0.772. The van der Waals surface area contributed by atoms with Crippen LogP contribution in [0.3, 0.4) is 0 Å². The number of pyridine rings is 1. The molecule has 27 heavy (non-hydrogen) atoms. The molecule has 0 saturated carbocycles. The Balaban J connectivity index is 1.73. The smallest absolute Gasteiger partial charge is 0.263 e. The molecule has 1 aliphatic rings. The molecule has 2 aromatic rings. The molecule has 0 radical (unpaired) electrons. The molecule has 6 nitrogen and oxygen atoms in total. The molecule has 0 spiro atoms. The second kappa shape index (κ2) is 9.21. The number of carbonyl (C=O) groups is 1. The lowest BCUT2D eigenvalue weighted by atomic mass is 10.1. The number of ether oxygens (including phenoxy) is 1. The van der Waals surface area contributed by atoms with Crippen LogP contribution in [0.4, 0.5) is 5.69 Å². The van der Waals surface area contributed by atoms with Crippen molar-refractivity contribution >= 4 is 23.4 Å². The van der Waals surface area contributed by atoms with Crippen molar-refractivity contribution in [2.45, 2.75) is 18.4 Å². The molecule has 1 amide bonds. The van der Waals surface area contributed by atoms with Crippen LogP contribution >= 0.6 is 11.8 Å². The van der Waals surface area contributed by atoms with Crippen molar-refractivity contribution in [1.29, 1.82) is 0 Å². The second-order valence-electron chi connectivity index (χ2n) is 6.51. The van der Waals surface area contributed by atoms with Crippen LogP contribution in [0.5, 0.6) is 0 Å². The minimum absolute atomic E-state index is 0.202. The van der Waals surface area contributed by atoms with Crippen LogP contribution in [-0.4, -0.2) is 54.5 Å². The van der Waals surface area contributed by atoms with Gasteiger partial charge in [0.05, 0.1) is 13.2 Å². The van der Waals surface area contributed by atoms with Crippen molar-refractivity contribution in [2.24, 2.45) is 0 Å². The highest BCUT2D eigenvalue weighted by molar-refractivity contribution is 7.98. The Hall–Kier alpha value is -2.09. The zero-order chi connectivity index (χ0) is 19.2. The van der Waals surface area contributed by atoms with Crippen molar-refractivity contribution in [3.05, 3.63) is 58.0 Å². The number of morpholine rings is 1. The number of carbonyl (C=O) groups excluding carboxylic acids is 1. The second-order valence-corrected chi connectivity index (χ2v) is 7.39. The third kappa shape index (κ3) is 5.00. The number of hydrogen-bond donors (Lipinski definition) is 1. The number of amides is 1. The Labute approximate surface area is 163 Å². The van der Waals surface area contributed by atoms with Crippen molar-refractivity contribution in [3.63, 3.8) is 0 Å². The number of nitrogens with one attached hydrogen (secondary N) is 1. The average Bonchev–Trinajstić information content (AvgIpc) is 2.69. The van der Waals surface area contributed by atoms with Crippen molar-refractivity contribution < 1.29 is 9.53 Å². The van der Waals surface area contributed by atoms with E-state index in [0.29, 0.717) is 17.8 Å². The molecule has 1 fully saturated rings. The summed E-state index contributed by atoms with van der Waals surface area (Å²) in [6.07, 6.45) is 3.77. The van der Waals surface area contributed by atoms with Gasteiger partial charge in [-0.25, -0.2) is 0 Å². The summed E-state index contributed by atoms with van der Waals surface area (Å²) < 4.78 is 6.97. The van der Waals surface area contributed by atoms with Gasteiger partial charge in [0.2, 0.25) is 0 Å². The molecule has 2 heterocycles. The van der Waals surface area contributed by atoms with Gasteiger partial charge in [0.25, 0.3) is 11.5 Å². The predicted octanol–water partition coefficient (Wildman–Crippen LogP) is 2.46. The Morgan fingerprint density at radius 3 is 2.52 bits per heavy atom. The number of rotatable bonds is 6. The summed E-state index contributed by atoms with van der Waals surface area (Å²) in [5.41, 5.74) is 1.32. The van der Waals surface area contributed by atoms with Crippen LogP contribution in [0.2, 0.25) is 0 Å². The number of hydrogen-bond acceptors (Lipinski definition) is 5. The van der Waals surface area contributed by atoms with Gasteiger partial charge in [-0.2, -0.15) is 0 Å². The first kappa shape index (κ1) is 19.7. The summed E-state index contributed by atoms with van der Waals surface area (Å²) in [5.74, 6) is -0.366. The highest BCUT2D eigenvalue weighted by Gasteiger charge is 2.17. The summed E-state index contributed by atoms with van der Waals surface area (Å²) in [4.78, 5) is 28.9. The number of nitrogens with zero attached hydrogens (tertiary/aromatic N) is 2. The van der Waals surface area contributed by atoms with Gasteiger partial charge in [0.1, 0.15) is 5.56 Å². The molecule has 1 aromatic heterocycles. The minimum atomic E-state index is -0.366. The molecular weight excluding hydrogens is 362 g/mol. The summed E-state index contributed by atoms with van der Waals surface area (Å²) in [6, 6.07) is 9.40.